The van der Waals surface area contributed by atoms with Crippen molar-refractivity contribution in [3.63, 3.8) is 0 Å². The Bertz CT molecular complexity index is 202. The van der Waals surface area contributed by atoms with E-state index in [-0.39, 0.29) is 0 Å². The van der Waals surface area contributed by atoms with Gasteiger partial charge in [0.05, 0.1) is 0 Å². The van der Waals surface area contributed by atoms with Crippen LogP contribution in [0, 0.1) is 13.8 Å². The van der Waals surface area contributed by atoms with Gasteiger partial charge in [-0.05, 0) is 25.0 Å². The van der Waals surface area contributed by atoms with Crippen LogP contribution in [-0.2, 0) is 4.57 Å². The fraction of sp³-hybridized carbons (Fsp3) is 0.250. The Hall–Kier alpha value is -0.590. The van der Waals surface area contributed by atoms with Gasteiger partial charge in [-0.15, -0.1) is 0 Å². The van der Waals surface area contributed by atoms with Crippen molar-refractivity contribution < 1.29 is 9.46 Å². The number of rotatable bonds is 0. The fourth-order valence-electron chi connectivity index (χ4n) is 0.663. The van der Waals surface area contributed by atoms with Gasteiger partial charge in [0.2, 0.25) is 0 Å². The molecule has 11 heavy (non-hydrogen) atoms. The molecule has 0 radical (unpaired) electrons. The first-order valence-electron chi connectivity index (χ1n) is 3.32. The summed E-state index contributed by atoms with van der Waals surface area (Å²) in [5.74, 6) is 0. The van der Waals surface area contributed by atoms with E-state index in [1.54, 1.807) is 0 Å². The smallest absolute Gasteiger partial charge is 0.177 e. The van der Waals surface area contributed by atoms with Crippen LogP contribution >= 0.6 is 8.69 Å². The van der Waals surface area contributed by atoms with E-state index in [4.69, 9.17) is 9.46 Å². The predicted molar refractivity (Wildman–Crippen MR) is 48.5 cm³/mol. The Morgan fingerprint density at radius 1 is 1.18 bits per heavy atom. The second kappa shape index (κ2) is 6.14. The molecule has 0 bridgehead atoms. The molecule has 0 heterocycles. The van der Waals surface area contributed by atoms with Gasteiger partial charge in [0.25, 0.3) is 0 Å². The van der Waals surface area contributed by atoms with Crippen LogP contribution in [0.25, 0.3) is 0 Å². The average Bonchev–Trinajstić information content (AvgIpc) is 1.97. The van der Waals surface area contributed by atoms with Crippen molar-refractivity contribution in [3.8, 4) is 0 Å². The van der Waals surface area contributed by atoms with Gasteiger partial charge >= 0.3 is 0 Å². The van der Waals surface area contributed by atoms with E-state index in [1.807, 2.05) is 0 Å². The molecule has 0 spiro atoms. The molecule has 1 N–H and O–H groups in total. The van der Waals surface area contributed by atoms with Crippen molar-refractivity contribution in [2.24, 2.45) is 0 Å². The predicted octanol–water partition coefficient (Wildman–Crippen LogP) is 1.95. The quantitative estimate of drug-likeness (QED) is 0.607. The molecule has 2 nitrogen and oxygen atoms in total. The van der Waals surface area contributed by atoms with Crippen molar-refractivity contribution in [3.05, 3.63) is 35.4 Å². The van der Waals surface area contributed by atoms with Crippen LogP contribution in [0.2, 0.25) is 0 Å². The zero-order valence-electron chi connectivity index (χ0n) is 6.74. The number of hydrogen-bond donors (Lipinski definition) is 1. The van der Waals surface area contributed by atoms with Gasteiger partial charge < -0.3 is 4.89 Å². The molecular formula is C8H13O2P. The fourth-order valence-corrected chi connectivity index (χ4v) is 0.663. The molecule has 0 fully saturated rings. The van der Waals surface area contributed by atoms with Gasteiger partial charge in [-0.25, -0.2) is 0 Å². The van der Waals surface area contributed by atoms with Gasteiger partial charge in [-0.2, -0.15) is 0 Å². The summed E-state index contributed by atoms with van der Waals surface area (Å²) in [6.07, 6.45) is 0. The summed E-state index contributed by atoms with van der Waals surface area (Å²) in [7, 11) is -1.50. The van der Waals surface area contributed by atoms with Gasteiger partial charge in [-0.1, -0.05) is 24.3 Å². The second-order valence-corrected chi connectivity index (χ2v) is 2.40. The molecule has 1 aromatic carbocycles. The molecule has 0 aromatic heterocycles. The molecule has 1 atom stereocenters. The van der Waals surface area contributed by atoms with Crippen LogP contribution < -0.4 is 0 Å². The maximum Gasteiger partial charge on any atom is 0.177 e. The van der Waals surface area contributed by atoms with Crippen LogP contribution in [0.15, 0.2) is 24.3 Å². The van der Waals surface area contributed by atoms with Crippen molar-refractivity contribution in [2.75, 3.05) is 0 Å². The minimum Gasteiger partial charge on any atom is -0.348 e. The lowest BCUT2D eigenvalue weighted by molar-refractivity contribution is 0.524. The summed E-state index contributed by atoms with van der Waals surface area (Å²) >= 11 is 0. The highest BCUT2D eigenvalue weighted by Crippen LogP contribution is 2.02. The van der Waals surface area contributed by atoms with Gasteiger partial charge in [0.15, 0.2) is 8.69 Å². The summed E-state index contributed by atoms with van der Waals surface area (Å²) in [4.78, 5) is 7.10. The summed E-state index contributed by atoms with van der Waals surface area (Å²) in [5.41, 5.74) is 2.74. The lowest BCUT2D eigenvalue weighted by atomic mass is 10.1. The third-order valence-electron chi connectivity index (χ3n) is 1.43. The molecule has 0 amide bonds. The highest BCUT2D eigenvalue weighted by Gasteiger charge is 1.83. The molecule has 0 saturated carbocycles. The van der Waals surface area contributed by atoms with E-state index < -0.39 is 8.69 Å². The first-order valence-corrected chi connectivity index (χ1v) is 4.31. The maximum atomic E-state index is 8.57. The van der Waals surface area contributed by atoms with Crippen LogP contribution in [0.3, 0.4) is 0 Å². The topological polar surface area (TPSA) is 37.3 Å². The van der Waals surface area contributed by atoms with E-state index in [0.29, 0.717) is 0 Å². The van der Waals surface area contributed by atoms with Crippen molar-refractivity contribution >= 4 is 8.69 Å². The normalized spacial score (nSPS) is 9.36. The second-order valence-electron chi connectivity index (χ2n) is 2.19. The first-order chi connectivity index (χ1) is 5.22. The number of benzene rings is 1. The summed E-state index contributed by atoms with van der Waals surface area (Å²) in [6.45, 7) is 4.24. The molecule has 62 valence electrons. The molecule has 0 aliphatic heterocycles. The van der Waals surface area contributed by atoms with E-state index in [2.05, 4.69) is 38.1 Å². The van der Waals surface area contributed by atoms with Crippen molar-refractivity contribution in [1.82, 2.24) is 0 Å². The van der Waals surface area contributed by atoms with E-state index in [1.165, 1.54) is 11.1 Å². The average molecular weight is 172 g/mol. The molecule has 1 rings (SSSR count). The summed E-state index contributed by atoms with van der Waals surface area (Å²) < 4.78 is 8.57. The third-order valence-corrected chi connectivity index (χ3v) is 1.43. The van der Waals surface area contributed by atoms with E-state index >= 15 is 0 Å². The van der Waals surface area contributed by atoms with Gasteiger partial charge in [-0.3, -0.25) is 4.57 Å². The van der Waals surface area contributed by atoms with Gasteiger partial charge in [0, 0.05) is 0 Å². The molecule has 0 aliphatic carbocycles. The minimum absolute atomic E-state index is 1.37. The lowest BCUT2D eigenvalue weighted by Crippen LogP contribution is -1.74. The highest BCUT2D eigenvalue weighted by atomic mass is 31.1. The van der Waals surface area contributed by atoms with E-state index in [0.717, 1.165) is 0 Å². The van der Waals surface area contributed by atoms with Crippen LogP contribution in [-0.4, -0.2) is 4.89 Å². The van der Waals surface area contributed by atoms with Crippen LogP contribution in [0.4, 0.5) is 0 Å². The number of aryl methyl sites for hydroxylation is 2. The van der Waals surface area contributed by atoms with Crippen molar-refractivity contribution in [1.29, 1.82) is 0 Å². The van der Waals surface area contributed by atoms with Crippen LogP contribution in [0.1, 0.15) is 11.1 Å². The Morgan fingerprint density at radius 2 is 1.45 bits per heavy atom. The Balaban J connectivity index is 0.000000292. The highest BCUT2D eigenvalue weighted by molar-refractivity contribution is 7.16. The van der Waals surface area contributed by atoms with E-state index in [9.17, 15) is 0 Å². The SMILES string of the molecule is Cc1ccccc1C.O=[PH2]O. The molecule has 3 heteroatoms. The Morgan fingerprint density at radius 3 is 1.64 bits per heavy atom. The molecule has 1 aromatic rings. The zero-order valence-corrected chi connectivity index (χ0v) is 7.90. The molecular weight excluding hydrogens is 159 g/mol. The monoisotopic (exact) mass is 172 g/mol. The molecule has 0 saturated heterocycles. The number of hydrogen-bond acceptors (Lipinski definition) is 1. The molecule has 0 aliphatic rings. The first kappa shape index (κ1) is 10.4. The summed E-state index contributed by atoms with van der Waals surface area (Å²) in [5, 5.41) is 0. The van der Waals surface area contributed by atoms with Crippen molar-refractivity contribution in [2.45, 2.75) is 13.8 Å². The summed E-state index contributed by atoms with van der Waals surface area (Å²) in [6, 6.07) is 8.36. The Kier molecular flexibility index (Phi) is 5.81. The Labute approximate surface area is 68.2 Å². The van der Waals surface area contributed by atoms with Gasteiger partial charge in [0.1, 0.15) is 0 Å². The zero-order chi connectivity index (χ0) is 8.69. The molecule has 1 unspecified atom stereocenters. The van der Waals surface area contributed by atoms with Crippen LogP contribution in [0.5, 0.6) is 0 Å². The maximum absolute atomic E-state index is 8.57. The standard InChI is InChI=1S/C8H10.H3O2P/c1-7-5-3-4-6-8(7)2;1-3-2/h3-6H,1-2H3;3H2,(H,1,2). The lowest BCUT2D eigenvalue weighted by Gasteiger charge is -1.93. The minimum atomic E-state index is -1.50. The third kappa shape index (κ3) is 4.77. The largest absolute Gasteiger partial charge is 0.348 e.